The van der Waals surface area contributed by atoms with Crippen molar-refractivity contribution >= 4 is 41.9 Å². The number of aromatic nitrogens is 2. The van der Waals surface area contributed by atoms with Crippen LogP contribution in [-0.2, 0) is 14.3 Å². The molecule has 1 aromatic heterocycles. The zero-order chi connectivity index (χ0) is 27.7. The zero-order valence-electron chi connectivity index (χ0n) is 22.7. The number of benzene rings is 1. The van der Waals surface area contributed by atoms with Crippen molar-refractivity contribution in [1.29, 1.82) is 5.41 Å². The van der Waals surface area contributed by atoms with Crippen molar-refractivity contribution in [3.05, 3.63) is 36.0 Å². The van der Waals surface area contributed by atoms with Gasteiger partial charge in [-0.2, -0.15) is 11.8 Å². The van der Waals surface area contributed by atoms with Crippen molar-refractivity contribution in [1.82, 2.24) is 9.97 Å². The number of aliphatic imine (C=N–C) groups is 1. The summed E-state index contributed by atoms with van der Waals surface area (Å²) >= 11 is 1.88. The minimum Gasteiger partial charge on any atom is -0.386 e. The molecule has 0 spiro atoms. The standard InChI is InChI=1S/C21H27N7OS.2C2H6.CH3NO/c1-30-21(6-7-21)17-12-19(28-8-10-29-11-9-28)27-20(26-17)15-2-4-16(5-3-15)24-13-18(23)25-14-22;2*1-2;2-1-3/h2-5,12,14,24H,6-11,13H2,1H3,(H3,22,23,25);2*1-2H3;1H,(H2,2,3). The fourth-order valence-electron chi connectivity index (χ4n) is 3.49. The van der Waals surface area contributed by atoms with Gasteiger partial charge >= 0.3 is 0 Å². The molecule has 2 aliphatic rings. The van der Waals surface area contributed by atoms with Crippen molar-refractivity contribution in [2.45, 2.75) is 45.3 Å². The van der Waals surface area contributed by atoms with E-state index >= 15 is 0 Å². The summed E-state index contributed by atoms with van der Waals surface area (Å²) in [7, 11) is 0. The third kappa shape index (κ3) is 9.66. The second-order valence-corrected chi connectivity index (χ2v) is 8.74. The van der Waals surface area contributed by atoms with Crippen LogP contribution in [0.25, 0.3) is 11.4 Å². The number of morpholine rings is 1. The van der Waals surface area contributed by atoms with E-state index in [2.05, 4.69) is 33.3 Å². The molecule has 0 bridgehead atoms. The van der Waals surface area contributed by atoms with E-state index in [0.29, 0.717) is 12.4 Å². The van der Waals surface area contributed by atoms with Gasteiger partial charge in [0.1, 0.15) is 18.0 Å². The quantitative estimate of drug-likeness (QED) is 0.228. The van der Waals surface area contributed by atoms with Crippen LogP contribution in [-0.4, -0.2) is 67.7 Å². The summed E-state index contributed by atoms with van der Waals surface area (Å²) in [6, 6.07) is 10.2. The van der Waals surface area contributed by atoms with Gasteiger partial charge in [0.05, 0.1) is 30.2 Å². The zero-order valence-corrected chi connectivity index (χ0v) is 23.5. The minimum atomic E-state index is 0.131. The molecule has 1 saturated carbocycles. The lowest BCUT2D eigenvalue weighted by Gasteiger charge is -2.29. The van der Waals surface area contributed by atoms with Gasteiger partial charge in [0.2, 0.25) is 6.41 Å². The van der Waals surface area contributed by atoms with Crippen LogP contribution in [0.5, 0.6) is 0 Å². The minimum absolute atomic E-state index is 0.131. The van der Waals surface area contributed by atoms with Gasteiger partial charge in [0, 0.05) is 30.4 Å². The highest BCUT2D eigenvalue weighted by atomic mass is 32.2. The summed E-state index contributed by atoms with van der Waals surface area (Å²) in [5, 5.41) is 10.2. The summed E-state index contributed by atoms with van der Waals surface area (Å²) in [5.41, 5.74) is 12.9. The van der Waals surface area contributed by atoms with Crippen molar-refractivity contribution in [3.8, 4) is 11.4 Å². The van der Waals surface area contributed by atoms with E-state index in [1.165, 1.54) is 0 Å². The monoisotopic (exact) mass is 530 g/mol. The molecule has 0 radical (unpaired) electrons. The van der Waals surface area contributed by atoms with Crippen molar-refractivity contribution < 1.29 is 9.53 Å². The number of hydrogen-bond donors (Lipinski definition) is 4. The highest BCUT2D eigenvalue weighted by Crippen LogP contribution is 2.55. The maximum Gasteiger partial charge on any atom is 0.204 e. The number of anilines is 2. The van der Waals surface area contributed by atoms with Crippen LogP contribution < -0.4 is 21.7 Å². The number of nitrogens with one attached hydrogen (secondary N) is 2. The first-order valence-electron chi connectivity index (χ1n) is 12.6. The van der Waals surface area contributed by atoms with E-state index < -0.39 is 0 Å². The Hall–Kier alpha value is -3.18. The molecule has 204 valence electrons. The fraction of sp³-hybridized carbons (Fsp3) is 0.500. The van der Waals surface area contributed by atoms with E-state index in [0.717, 1.165) is 74.1 Å². The Balaban J connectivity index is 0.000000894. The summed E-state index contributed by atoms with van der Waals surface area (Å²) in [4.78, 5) is 24.5. The average molecular weight is 531 g/mol. The lowest BCUT2D eigenvalue weighted by atomic mass is 10.1. The Morgan fingerprint density at radius 2 is 1.78 bits per heavy atom. The number of amides is 1. The average Bonchev–Trinajstić information content (AvgIpc) is 3.77. The smallest absolute Gasteiger partial charge is 0.204 e. The number of carbonyl (C=O) groups is 1. The fourth-order valence-corrected chi connectivity index (χ4v) is 4.31. The maximum atomic E-state index is 8.58. The normalized spacial score (nSPS) is 15.4. The van der Waals surface area contributed by atoms with E-state index in [-0.39, 0.29) is 11.2 Å². The molecule has 2 fully saturated rings. The molecule has 10 nitrogen and oxygen atoms in total. The van der Waals surface area contributed by atoms with Crippen LogP contribution in [0.1, 0.15) is 46.2 Å². The Kier molecular flexibility index (Phi) is 14.9. The predicted octanol–water partition coefficient (Wildman–Crippen LogP) is 3.86. The van der Waals surface area contributed by atoms with Gasteiger partial charge in [0.25, 0.3) is 0 Å². The summed E-state index contributed by atoms with van der Waals surface area (Å²) in [6.07, 6.45) is 5.68. The topological polar surface area (TPSA) is 156 Å². The first-order valence-corrected chi connectivity index (χ1v) is 13.9. The predicted molar refractivity (Wildman–Crippen MR) is 157 cm³/mol. The molecule has 11 heteroatoms. The van der Waals surface area contributed by atoms with Crippen LogP contribution in [0.2, 0.25) is 0 Å². The van der Waals surface area contributed by atoms with Gasteiger partial charge in [-0.1, -0.05) is 27.7 Å². The lowest BCUT2D eigenvalue weighted by molar-refractivity contribution is -0.106. The van der Waals surface area contributed by atoms with Crippen LogP contribution in [0.3, 0.4) is 0 Å². The summed E-state index contributed by atoms with van der Waals surface area (Å²) in [5.74, 6) is 2.11. The SMILES string of the molecule is CC.CC.CSC1(c2cc(N3CCOCC3)nc(-c3ccc(NCC(N)=NC=N)cc3)n2)CC1.NC=O. The largest absolute Gasteiger partial charge is 0.386 e. The van der Waals surface area contributed by atoms with Gasteiger partial charge in [-0.3, -0.25) is 10.2 Å². The summed E-state index contributed by atoms with van der Waals surface area (Å²) < 4.78 is 5.64. The van der Waals surface area contributed by atoms with Gasteiger partial charge in [-0.25, -0.2) is 15.0 Å². The third-order valence-electron chi connectivity index (χ3n) is 5.46. The number of carbonyl (C=O) groups excluding carboxylic acids is 1. The Morgan fingerprint density at radius 1 is 1.19 bits per heavy atom. The van der Waals surface area contributed by atoms with E-state index in [1.807, 2.05) is 63.7 Å². The van der Waals surface area contributed by atoms with Crippen molar-refractivity contribution in [2.75, 3.05) is 49.3 Å². The lowest BCUT2D eigenvalue weighted by Crippen LogP contribution is -2.37. The molecule has 2 aromatic rings. The van der Waals surface area contributed by atoms with Gasteiger partial charge in [0.15, 0.2) is 5.82 Å². The summed E-state index contributed by atoms with van der Waals surface area (Å²) in [6.45, 7) is 11.5. The van der Waals surface area contributed by atoms with Gasteiger partial charge < -0.3 is 26.4 Å². The van der Waals surface area contributed by atoms with Crippen molar-refractivity contribution in [3.63, 3.8) is 0 Å². The number of nitrogens with two attached hydrogens (primary N) is 2. The number of hydrogen-bond acceptors (Lipinski definition) is 8. The molecule has 2 heterocycles. The molecule has 37 heavy (non-hydrogen) atoms. The molecular formula is C26H42N8O2S. The maximum absolute atomic E-state index is 8.58. The van der Waals surface area contributed by atoms with E-state index in [1.54, 1.807) is 0 Å². The molecular weight excluding hydrogens is 488 g/mol. The number of nitrogens with zero attached hydrogens (tertiary/aromatic N) is 4. The molecule has 6 N–H and O–H groups in total. The Morgan fingerprint density at radius 3 is 2.30 bits per heavy atom. The Bertz CT molecular complexity index is 975. The molecule has 1 amide bonds. The first-order chi connectivity index (χ1) is 18.0. The molecule has 1 aliphatic heterocycles. The highest BCUT2D eigenvalue weighted by Gasteiger charge is 2.45. The molecule has 0 unspecified atom stereocenters. The van der Waals surface area contributed by atoms with Crippen LogP contribution in [0.4, 0.5) is 11.5 Å². The second kappa shape index (κ2) is 17.3. The number of rotatable bonds is 8. The second-order valence-electron chi connectivity index (χ2n) is 7.55. The van der Waals surface area contributed by atoms with Gasteiger partial charge in [-0.05, 0) is 43.4 Å². The number of ether oxygens (including phenoxy) is 1. The molecule has 0 atom stereocenters. The Labute approximate surface area is 225 Å². The number of thioether (sulfide) groups is 1. The van der Waals surface area contributed by atoms with Crippen LogP contribution in [0.15, 0.2) is 35.3 Å². The molecule has 1 saturated heterocycles. The first kappa shape index (κ1) is 31.8. The van der Waals surface area contributed by atoms with Crippen LogP contribution >= 0.6 is 11.8 Å². The molecule has 1 aliphatic carbocycles. The number of primary amides is 1. The van der Waals surface area contributed by atoms with E-state index in [9.17, 15) is 0 Å². The molecule has 4 rings (SSSR count). The molecule has 1 aromatic carbocycles. The van der Waals surface area contributed by atoms with Crippen LogP contribution in [0, 0.1) is 5.41 Å². The van der Waals surface area contributed by atoms with Gasteiger partial charge in [-0.15, -0.1) is 0 Å². The number of amidine groups is 1. The van der Waals surface area contributed by atoms with E-state index in [4.69, 9.17) is 30.6 Å². The highest BCUT2D eigenvalue weighted by molar-refractivity contribution is 7.99. The third-order valence-corrected chi connectivity index (χ3v) is 6.86. The van der Waals surface area contributed by atoms with Crippen molar-refractivity contribution in [2.24, 2.45) is 16.5 Å².